The molecule has 0 amide bonds. The molecule has 1 aromatic heterocycles. The van der Waals surface area contributed by atoms with E-state index in [2.05, 4.69) is 4.98 Å². The quantitative estimate of drug-likeness (QED) is 0.815. The van der Waals surface area contributed by atoms with Gasteiger partial charge in [0.25, 0.3) is 0 Å². The summed E-state index contributed by atoms with van der Waals surface area (Å²) in [4.78, 5) is 3.96. The first-order valence-electron chi connectivity index (χ1n) is 4.84. The molecule has 2 aromatic rings. The Morgan fingerprint density at radius 2 is 2.06 bits per heavy atom. The molecule has 0 unspecified atom stereocenters. The number of anilines is 1. The molecule has 0 spiro atoms. The van der Waals surface area contributed by atoms with Crippen molar-refractivity contribution in [3.63, 3.8) is 0 Å². The van der Waals surface area contributed by atoms with Crippen LogP contribution in [-0.2, 0) is 13.7 Å². The first-order chi connectivity index (χ1) is 7.66. The molecule has 0 bridgehead atoms. The molecule has 0 aliphatic heterocycles. The number of rotatable bonds is 3. The van der Waals surface area contributed by atoms with Crippen LogP contribution in [0.25, 0.3) is 0 Å². The third-order valence-corrected chi connectivity index (χ3v) is 2.34. The van der Waals surface area contributed by atoms with Crippen LogP contribution in [0.15, 0.2) is 30.5 Å². The third kappa shape index (κ3) is 2.08. The lowest BCUT2D eigenvalue weighted by Gasteiger charge is -2.06. The van der Waals surface area contributed by atoms with E-state index < -0.39 is 0 Å². The lowest BCUT2D eigenvalue weighted by molar-refractivity contribution is 0.297. The average Bonchev–Trinajstić information content (AvgIpc) is 2.60. The molecular weight excluding hydrogens is 206 g/mol. The van der Waals surface area contributed by atoms with E-state index in [1.807, 2.05) is 7.05 Å². The number of imidazole rings is 1. The first-order valence-corrected chi connectivity index (χ1v) is 4.84. The number of aromatic hydroxyl groups is 1. The molecular formula is C11H13N3O2. The van der Waals surface area contributed by atoms with Gasteiger partial charge < -0.3 is 20.1 Å². The molecule has 0 aliphatic carbocycles. The van der Waals surface area contributed by atoms with Crippen molar-refractivity contribution in [3.8, 4) is 11.5 Å². The maximum Gasteiger partial charge on any atom is 0.200 e. The largest absolute Gasteiger partial charge is 0.508 e. The SMILES string of the molecule is Cn1c(COc2ccc(O)cc2)cnc1N. The zero-order valence-electron chi connectivity index (χ0n) is 8.92. The second kappa shape index (κ2) is 4.14. The summed E-state index contributed by atoms with van der Waals surface area (Å²) in [5.41, 5.74) is 6.49. The molecule has 84 valence electrons. The van der Waals surface area contributed by atoms with Gasteiger partial charge in [0.05, 0.1) is 11.9 Å². The fourth-order valence-corrected chi connectivity index (χ4v) is 1.29. The summed E-state index contributed by atoms with van der Waals surface area (Å²) in [7, 11) is 1.83. The number of hydrogen-bond acceptors (Lipinski definition) is 4. The Bertz CT molecular complexity index is 476. The van der Waals surface area contributed by atoms with Crippen molar-refractivity contribution in [2.45, 2.75) is 6.61 Å². The van der Waals surface area contributed by atoms with Crippen LogP contribution in [0.3, 0.4) is 0 Å². The maximum absolute atomic E-state index is 9.10. The molecule has 16 heavy (non-hydrogen) atoms. The zero-order valence-corrected chi connectivity index (χ0v) is 8.92. The second-order valence-corrected chi connectivity index (χ2v) is 3.45. The third-order valence-electron chi connectivity index (χ3n) is 2.34. The molecule has 1 heterocycles. The Morgan fingerprint density at radius 1 is 1.38 bits per heavy atom. The predicted molar refractivity (Wildman–Crippen MR) is 60.1 cm³/mol. The van der Waals surface area contributed by atoms with Gasteiger partial charge in [-0.25, -0.2) is 4.98 Å². The van der Waals surface area contributed by atoms with Crippen LogP contribution >= 0.6 is 0 Å². The van der Waals surface area contributed by atoms with Crippen LogP contribution in [-0.4, -0.2) is 14.7 Å². The standard InChI is InChI=1S/C11H13N3O2/c1-14-8(6-13-11(14)12)7-16-10-4-2-9(15)3-5-10/h2-6,15H,7H2,1H3,(H2,12,13). The average molecular weight is 219 g/mol. The number of benzene rings is 1. The van der Waals surface area contributed by atoms with Crippen LogP contribution in [0.2, 0.25) is 0 Å². The number of ether oxygens (including phenoxy) is 1. The minimum atomic E-state index is 0.220. The number of nitrogen functional groups attached to an aromatic ring is 1. The molecule has 0 saturated carbocycles. The van der Waals surface area contributed by atoms with Crippen molar-refractivity contribution in [3.05, 3.63) is 36.2 Å². The minimum absolute atomic E-state index is 0.220. The lowest BCUT2D eigenvalue weighted by atomic mass is 10.3. The lowest BCUT2D eigenvalue weighted by Crippen LogP contribution is -2.04. The van der Waals surface area contributed by atoms with Gasteiger partial charge in [0, 0.05) is 7.05 Å². The van der Waals surface area contributed by atoms with E-state index in [1.54, 1.807) is 35.0 Å². The van der Waals surface area contributed by atoms with E-state index in [1.165, 1.54) is 0 Å². The van der Waals surface area contributed by atoms with Gasteiger partial charge >= 0.3 is 0 Å². The van der Waals surface area contributed by atoms with Crippen molar-refractivity contribution < 1.29 is 9.84 Å². The molecule has 0 saturated heterocycles. The summed E-state index contributed by atoms with van der Waals surface area (Å²) in [5, 5.41) is 9.10. The highest BCUT2D eigenvalue weighted by atomic mass is 16.5. The van der Waals surface area contributed by atoms with Gasteiger partial charge in [-0.2, -0.15) is 0 Å². The highest BCUT2D eigenvalue weighted by molar-refractivity contribution is 5.30. The summed E-state index contributed by atoms with van der Waals surface area (Å²) in [6, 6.07) is 6.56. The minimum Gasteiger partial charge on any atom is -0.508 e. The van der Waals surface area contributed by atoms with Crippen molar-refractivity contribution in [2.75, 3.05) is 5.73 Å². The van der Waals surface area contributed by atoms with E-state index in [-0.39, 0.29) is 5.75 Å². The van der Waals surface area contributed by atoms with Crippen LogP contribution in [0.4, 0.5) is 5.95 Å². The molecule has 0 fully saturated rings. The molecule has 0 atom stereocenters. The van der Waals surface area contributed by atoms with E-state index >= 15 is 0 Å². The number of nitrogens with zero attached hydrogens (tertiary/aromatic N) is 2. The summed E-state index contributed by atoms with van der Waals surface area (Å²) >= 11 is 0. The van der Waals surface area contributed by atoms with E-state index in [0.29, 0.717) is 18.3 Å². The predicted octanol–water partition coefficient (Wildman–Crippen LogP) is 1.29. The number of nitrogens with two attached hydrogens (primary N) is 1. The molecule has 0 aliphatic rings. The van der Waals surface area contributed by atoms with Crippen LogP contribution in [0, 0.1) is 0 Å². The summed E-state index contributed by atoms with van der Waals surface area (Å²) < 4.78 is 7.28. The topological polar surface area (TPSA) is 73.3 Å². The number of aromatic nitrogens is 2. The van der Waals surface area contributed by atoms with E-state index in [9.17, 15) is 0 Å². The first kappa shape index (κ1) is 10.4. The Hall–Kier alpha value is -2.17. The van der Waals surface area contributed by atoms with Gasteiger partial charge in [-0.1, -0.05) is 0 Å². The van der Waals surface area contributed by atoms with Gasteiger partial charge in [-0.05, 0) is 24.3 Å². The van der Waals surface area contributed by atoms with Gasteiger partial charge in [-0.3, -0.25) is 0 Å². The highest BCUT2D eigenvalue weighted by Crippen LogP contribution is 2.17. The van der Waals surface area contributed by atoms with Crippen molar-refractivity contribution in [1.29, 1.82) is 0 Å². The summed E-state index contributed by atoms with van der Waals surface area (Å²) in [6.45, 7) is 0.394. The van der Waals surface area contributed by atoms with Crippen LogP contribution in [0.1, 0.15) is 5.69 Å². The summed E-state index contributed by atoms with van der Waals surface area (Å²) in [5.74, 6) is 1.37. The molecule has 3 N–H and O–H groups in total. The monoisotopic (exact) mass is 219 g/mol. The van der Waals surface area contributed by atoms with Gasteiger partial charge in [0.15, 0.2) is 5.95 Å². The highest BCUT2D eigenvalue weighted by Gasteiger charge is 2.03. The second-order valence-electron chi connectivity index (χ2n) is 3.45. The van der Waals surface area contributed by atoms with E-state index in [4.69, 9.17) is 15.6 Å². The number of hydrogen-bond donors (Lipinski definition) is 2. The zero-order chi connectivity index (χ0) is 11.5. The Morgan fingerprint density at radius 3 is 2.62 bits per heavy atom. The summed E-state index contributed by atoms with van der Waals surface area (Å²) in [6.07, 6.45) is 1.68. The molecule has 0 radical (unpaired) electrons. The molecule has 5 heteroatoms. The number of phenolic OH excluding ortho intramolecular Hbond substituents is 1. The smallest absolute Gasteiger partial charge is 0.200 e. The Kier molecular flexibility index (Phi) is 2.68. The van der Waals surface area contributed by atoms with E-state index in [0.717, 1.165) is 5.69 Å². The fourth-order valence-electron chi connectivity index (χ4n) is 1.29. The van der Waals surface area contributed by atoms with Crippen LogP contribution in [0.5, 0.6) is 11.5 Å². The molecule has 5 nitrogen and oxygen atoms in total. The Labute approximate surface area is 93.1 Å². The Balaban J connectivity index is 2.02. The van der Waals surface area contributed by atoms with Crippen LogP contribution < -0.4 is 10.5 Å². The van der Waals surface area contributed by atoms with Gasteiger partial charge in [0.1, 0.15) is 18.1 Å². The van der Waals surface area contributed by atoms with Gasteiger partial charge in [0.2, 0.25) is 0 Å². The van der Waals surface area contributed by atoms with Crippen molar-refractivity contribution in [1.82, 2.24) is 9.55 Å². The van der Waals surface area contributed by atoms with Crippen molar-refractivity contribution >= 4 is 5.95 Å². The molecule has 2 rings (SSSR count). The normalized spacial score (nSPS) is 10.3. The maximum atomic E-state index is 9.10. The molecule has 1 aromatic carbocycles. The van der Waals surface area contributed by atoms with Gasteiger partial charge in [-0.15, -0.1) is 0 Å². The van der Waals surface area contributed by atoms with Crippen molar-refractivity contribution in [2.24, 2.45) is 7.05 Å². The fraction of sp³-hybridized carbons (Fsp3) is 0.182. The number of phenols is 1.